The Kier molecular flexibility index (Phi) is 4.78. The average molecular weight is 204 g/mol. The molecular formula is C10H18ClNO. The minimum atomic E-state index is -0.0331. The van der Waals surface area contributed by atoms with Gasteiger partial charge < -0.3 is 10.4 Å². The summed E-state index contributed by atoms with van der Waals surface area (Å²) >= 11 is 5.42. The van der Waals surface area contributed by atoms with E-state index in [1.807, 2.05) is 6.08 Å². The second kappa shape index (κ2) is 5.63. The molecule has 0 saturated heterocycles. The number of aliphatic hydroxyl groups excluding tert-OH is 1. The Morgan fingerprint density at radius 3 is 2.54 bits per heavy atom. The van der Waals surface area contributed by atoms with Gasteiger partial charge in [0, 0.05) is 17.6 Å². The van der Waals surface area contributed by atoms with Gasteiger partial charge in [-0.15, -0.1) is 0 Å². The summed E-state index contributed by atoms with van der Waals surface area (Å²) in [6, 6.07) is 0. The molecule has 0 heterocycles. The van der Waals surface area contributed by atoms with Crippen LogP contribution in [-0.2, 0) is 0 Å². The lowest BCUT2D eigenvalue weighted by Gasteiger charge is -2.36. The number of rotatable bonds is 4. The van der Waals surface area contributed by atoms with Crippen LogP contribution in [0.4, 0.5) is 0 Å². The SMILES string of the molecule is OCC1(NC/C=C/Cl)CCCCC1. The van der Waals surface area contributed by atoms with Gasteiger partial charge in [0.05, 0.1) is 6.61 Å². The number of halogens is 1. The lowest BCUT2D eigenvalue weighted by Crippen LogP contribution is -2.49. The van der Waals surface area contributed by atoms with Crippen LogP contribution in [0.3, 0.4) is 0 Å². The molecule has 1 aliphatic rings. The molecule has 13 heavy (non-hydrogen) atoms. The van der Waals surface area contributed by atoms with Crippen molar-refractivity contribution in [2.24, 2.45) is 0 Å². The zero-order valence-corrected chi connectivity index (χ0v) is 8.69. The molecule has 0 bridgehead atoms. The summed E-state index contributed by atoms with van der Waals surface area (Å²) in [5.41, 5.74) is 1.48. The Morgan fingerprint density at radius 1 is 1.31 bits per heavy atom. The number of hydrogen-bond acceptors (Lipinski definition) is 2. The summed E-state index contributed by atoms with van der Waals surface area (Å²) in [6.45, 7) is 0.993. The molecule has 1 aliphatic carbocycles. The molecule has 0 aromatic heterocycles. The van der Waals surface area contributed by atoms with Gasteiger partial charge in [0.25, 0.3) is 0 Å². The molecule has 1 rings (SSSR count). The molecule has 0 spiro atoms. The summed E-state index contributed by atoms with van der Waals surface area (Å²) in [7, 11) is 0. The first kappa shape index (κ1) is 11.0. The van der Waals surface area contributed by atoms with Crippen LogP contribution in [0.15, 0.2) is 11.6 Å². The Hall–Kier alpha value is -0.0500. The Bertz CT molecular complexity index is 164. The van der Waals surface area contributed by atoms with Crippen molar-refractivity contribution in [3.63, 3.8) is 0 Å². The van der Waals surface area contributed by atoms with Crippen molar-refractivity contribution in [3.05, 3.63) is 11.6 Å². The maximum absolute atomic E-state index is 9.32. The van der Waals surface area contributed by atoms with E-state index in [1.54, 1.807) is 0 Å². The summed E-state index contributed by atoms with van der Waals surface area (Å²) in [6.07, 6.45) is 7.78. The fourth-order valence-electron chi connectivity index (χ4n) is 1.94. The van der Waals surface area contributed by atoms with Gasteiger partial charge in [-0.3, -0.25) is 0 Å². The van der Waals surface area contributed by atoms with Gasteiger partial charge in [0.1, 0.15) is 0 Å². The van der Waals surface area contributed by atoms with E-state index in [0.717, 1.165) is 19.4 Å². The fraction of sp³-hybridized carbons (Fsp3) is 0.800. The highest BCUT2D eigenvalue weighted by Gasteiger charge is 2.29. The van der Waals surface area contributed by atoms with Crippen molar-refractivity contribution >= 4 is 11.6 Å². The van der Waals surface area contributed by atoms with Crippen molar-refractivity contribution < 1.29 is 5.11 Å². The van der Waals surface area contributed by atoms with Crippen molar-refractivity contribution in [3.8, 4) is 0 Å². The van der Waals surface area contributed by atoms with Crippen LogP contribution in [0.25, 0.3) is 0 Å². The Labute approximate surface area is 85.0 Å². The summed E-state index contributed by atoms with van der Waals surface area (Å²) < 4.78 is 0. The Balaban J connectivity index is 2.38. The molecule has 2 N–H and O–H groups in total. The molecule has 1 saturated carbocycles. The van der Waals surface area contributed by atoms with Crippen LogP contribution >= 0.6 is 11.6 Å². The molecule has 0 amide bonds. The average Bonchev–Trinajstić information content (AvgIpc) is 2.20. The van der Waals surface area contributed by atoms with Gasteiger partial charge in [0.2, 0.25) is 0 Å². The molecule has 3 heteroatoms. The van der Waals surface area contributed by atoms with Crippen LogP contribution in [0.5, 0.6) is 0 Å². The van der Waals surface area contributed by atoms with Crippen LogP contribution in [0.1, 0.15) is 32.1 Å². The topological polar surface area (TPSA) is 32.3 Å². The van der Waals surface area contributed by atoms with Gasteiger partial charge in [-0.1, -0.05) is 36.9 Å². The normalized spacial score (nSPS) is 22.3. The lowest BCUT2D eigenvalue weighted by molar-refractivity contribution is 0.125. The van der Waals surface area contributed by atoms with E-state index in [2.05, 4.69) is 5.32 Å². The zero-order valence-electron chi connectivity index (χ0n) is 7.93. The molecule has 1 fully saturated rings. The molecule has 0 radical (unpaired) electrons. The Morgan fingerprint density at radius 2 is 2.00 bits per heavy atom. The molecule has 2 nitrogen and oxygen atoms in total. The van der Waals surface area contributed by atoms with Gasteiger partial charge >= 0.3 is 0 Å². The minimum Gasteiger partial charge on any atom is -0.394 e. The highest BCUT2D eigenvalue weighted by molar-refractivity contribution is 6.25. The zero-order chi connectivity index (χ0) is 9.57. The fourth-order valence-corrected chi connectivity index (χ4v) is 2.03. The van der Waals surface area contributed by atoms with Crippen LogP contribution in [-0.4, -0.2) is 23.8 Å². The van der Waals surface area contributed by atoms with E-state index in [-0.39, 0.29) is 12.1 Å². The molecule has 76 valence electrons. The third-order valence-corrected chi connectivity index (χ3v) is 2.98. The first-order valence-corrected chi connectivity index (χ1v) is 5.38. The van der Waals surface area contributed by atoms with E-state index in [4.69, 9.17) is 11.6 Å². The molecule has 0 aromatic rings. The van der Waals surface area contributed by atoms with E-state index in [1.165, 1.54) is 24.8 Å². The lowest BCUT2D eigenvalue weighted by atomic mass is 9.82. The van der Waals surface area contributed by atoms with Crippen molar-refractivity contribution in [1.29, 1.82) is 0 Å². The summed E-state index contributed by atoms with van der Waals surface area (Å²) in [5, 5.41) is 12.7. The first-order valence-electron chi connectivity index (χ1n) is 4.94. The largest absolute Gasteiger partial charge is 0.394 e. The highest BCUT2D eigenvalue weighted by atomic mass is 35.5. The monoisotopic (exact) mass is 203 g/mol. The molecule has 0 aliphatic heterocycles. The molecule has 0 atom stereocenters. The standard InChI is InChI=1S/C10H18ClNO/c11-7-4-8-12-10(9-13)5-2-1-3-6-10/h4,7,12-13H,1-3,5-6,8-9H2/b7-4+. The predicted molar refractivity (Wildman–Crippen MR) is 55.9 cm³/mol. The summed E-state index contributed by atoms with van der Waals surface area (Å²) in [4.78, 5) is 0. The molecule has 0 aromatic carbocycles. The number of nitrogens with one attached hydrogen (secondary N) is 1. The van der Waals surface area contributed by atoms with E-state index >= 15 is 0 Å². The number of hydrogen-bond donors (Lipinski definition) is 2. The highest BCUT2D eigenvalue weighted by Crippen LogP contribution is 2.27. The first-order chi connectivity index (χ1) is 6.33. The number of aliphatic hydroxyl groups is 1. The van der Waals surface area contributed by atoms with Gasteiger partial charge in [-0.05, 0) is 12.8 Å². The van der Waals surface area contributed by atoms with Crippen LogP contribution < -0.4 is 5.32 Å². The second-order valence-corrected chi connectivity index (χ2v) is 3.99. The van der Waals surface area contributed by atoms with Crippen molar-refractivity contribution in [2.75, 3.05) is 13.2 Å². The smallest absolute Gasteiger partial charge is 0.0613 e. The van der Waals surface area contributed by atoms with Crippen molar-refractivity contribution in [1.82, 2.24) is 5.32 Å². The quantitative estimate of drug-likeness (QED) is 0.733. The minimum absolute atomic E-state index is 0.0331. The van der Waals surface area contributed by atoms with E-state index in [0.29, 0.717) is 0 Å². The van der Waals surface area contributed by atoms with E-state index in [9.17, 15) is 5.11 Å². The maximum atomic E-state index is 9.32. The summed E-state index contributed by atoms with van der Waals surface area (Å²) in [5.74, 6) is 0. The third kappa shape index (κ3) is 3.29. The molecular weight excluding hydrogens is 186 g/mol. The van der Waals surface area contributed by atoms with Crippen LogP contribution in [0.2, 0.25) is 0 Å². The second-order valence-electron chi connectivity index (χ2n) is 3.74. The molecule has 0 unspecified atom stereocenters. The van der Waals surface area contributed by atoms with E-state index < -0.39 is 0 Å². The van der Waals surface area contributed by atoms with Gasteiger partial charge in [-0.2, -0.15) is 0 Å². The predicted octanol–water partition coefficient (Wildman–Crippen LogP) is 2.02. The van der Waals surface area contributed by atoms with Gasteiger partial charge in [0.15, 0.2) is 0 Å². The van der Waals surface area contributed by atoms with Crippen LogP contribution in [0, 0.1) is 0 Å². The van der Waals surface area contributed by atoms with Gasteiger partial charge in [-0.25, -0.2) is 0 Å². The maximum Gasteiger partial charge on any atom is 0.0613 e. The van der Waals surface area contributed by atoms with Crippen molar-refractivity contribution in [2.45, 2.75) is 37.6 Å². The third-order valence-electron chi connectivity index (χ3n) is 2.80.